The van der Waals surface area contributed by atoms with E-state index < -0.39 is 17.8 Å². The molecule has 124 valence electrons. The summed E-state index contributed by atoms with van der Waals surface area (Å²) in [6, 6.07) is 5.67. The summed E-state index contributed by atoms with van der Waals surface area (Å²) in [5.41, 5.74) is 1.43. The number of rotatable bonds is 5. The molecule has 5 heteroatoms. The molecule has 0 heterocycles. The van der Waals surface area contributed by atoms with Gasteiger partial charge in [0.15, 0.2) is 0 Å². The standard InChI is InChI=1S/C17H26ClNO3/c1-6-19(16(21)22-17(3,4)5)11-14(20)10-13-7-8-15(18)12(2)9-13/h7-9,14,20H,6,10-11H2,1-5H3. The van der Waals surface area contributed by atoms with Crippen LogP contribution in [0.15, 0.2) is 18.2 Å². The van der Waals surface area contributed by atoms with Gasteiger partial charge in [-0.2, -0.15) is 0 Å². The number of halogens is 1. The van der Waals surface area contributed by atoms with Crippen LogP contribution in [0.5, 0.6) is 0 Å². The van der Waals surface area contributed by atoms with Gasteiger partial charge in [0, 0.05) is 18.0 Å². The SMILES string of the molecule is CCN(CC(O)Cc1ccc(Cl)c(C)c1)C(=O)OC(C)(C)C. The number of benzene rings is 1. The predicted octanol–water partition coefficient (Wildman–Crippen LogP) is 3.81. The van der Waals surface area contributed by atoms with E-state index in [2.05, 4.69) is 0 Å². The fourth-order valence-corrected chi connectivity index (χ4v) is 2.20. The Morgan fingerprint density at radius 3 is 2.55 bits per heavy atom. The minimum absolute atomic E-state index is 0.243. The molecule has 0 spiro atoms. The maximum Gasteiger partial charge on any atom is 0.410 e. The lowest BCUT2D eigenvalue weighted by Gasteiger charge is -2.28. The Labute approximate surface area is 138 Å². The second kappa shape index (κ2) is 7.84. The first-order valence-electron chi connectivity index (χ1n) is 7.53. The van der Waals surface area contributed by atoms with Crippen LogP contribution >= 0.6 is 11.6 Å². The largest absolute Gasteiger partial charge is 0.444 e. The van der Waals surface area contributed by atoms with E-state index in [1.807, 2.05) is 52.8 Å². The molecule has 0 fully saturated rings. The summed E-state index contributed by atoms with van der Waals surface area (Å²) in [6.07, 6.45) is -0.577. The number of hydrogen-bond acceptors (Lipinski definition) is 3. The van der Waals surface area contributed by atoms with Gasteiger partial charge in [-0.15, -0.1) is 0 Å². The van der Waals surface area contributed by atoms with Crippen molar-refractivity contribution in [3.8, 4) is 0 Å². The van der Waals surface area contributed by atoms with Crippen molar-refractivity contribution in [2.45, 2.75) is 52.7 Å². The van der Waals surface area contributed by atoms with Gasteiger partial charge in [-0.25, -0.2) is 4.79 Å². The average Bonchev–Trinajstić information content (AvgIpc) is 2.38. The van der Waals surface area contributed by atoms with Crippen molar-refractivity contribution in [1.29, 1.82) is 0 Å². The molecule has 0 saturated carbocycles. The number of aliphatic hydroxyl groups is 1. The number of aryl methyl sites for hydroxylation is 1. The van der Waals surface area contributed by atoms with Gasteiger partial charge in [0.25, 0.3) is 0 Å². The quantitative estimate of drug-likeness (QED) is 0.894. The molecule has 1 aromatic carbocycles. The van der Waals surface area contributed by atoms with Crippen LogP contribution in [0, 0.1) is 6.92 Å². The highest BCUT2D eigenvalue weighted by molar-refractivity contribution is 6.31. The van der Waals surface area contributed by atoms with Crippen molar-refractivity contribution < 1.29 is 14.6 Å². The van der Waals surface area contributed by atoms with Crippen LogP contribution in [0.25, 0.3) is 0 Å². The maximum absolute atomic E-state index is 12.1. The molecular weight excluding hydrogens is 302 g/mol. The number of nitrogens with zero attached hydrogens (tertiary/aromatic N) is 1. The van der Waals surface area contributed by atoms with Crippen LogP contribution in [-0.2, 0) is 11.2 Å². The molecule has 1 atom stereocenters. The van der Waals surface area contributed by atoms with Crippen molar-refractivity contribution in [2.75, 3.05) is 13.1 Å². The monoisotopic (exact) mass is 327 g/mol. The highest BCUT2D eigenvalue weighted by Gasteiger charge is 2.23. The molecule has 0 aliphatic carbocycles. The zero-order valence-corrected chi connectivity index (χ0v) is 14.8. The Hall–Kier alpha value is -1.26. The second-order valence-electron chi connectivity index (χ2n) is 6.46. The van der Waals surface area contributed by atoms with E-state index in [0.717, 1.165) is 11.1 Å². The number of aliphatic hydroxyl groups excluding tert-OH is 1. The molecule has 1 N–H and O–H groups in total. The van der Waals surface area contributed by atoms with E-state index in [0.29, 0.717) is 18.0 Å². The van der Waals surface area contributed by atoms with Gasteiger partial charge in [-0.1, -0.05) is 23.7 Å². The summed E-state index contributed by atoms with van der Waals surface area (Å²) in [4.78, 5) is 13.6. The van der Waals surface area contributed by atoms with E-state index >= 15 is 0 Å². The van der Waals surface area contributed by atoms with Crippen molar-refractivity contribution in [3.05, 3.63) is 34.3 Å². The van der Waals surface area contributed by atoms with Gasteiger partial charge in [-0.05, 0) is 51.8 Å². The van der Waals surface area contributed by atoms with Crippen LogP contribution < -0.4 is 0 Å². The summed E-state index contributed by atoms with van der Waals surface area (Å²) in [6.45, 7) is 10.0. The smallest absolute Gasteiger partial charge is 0.410 e. The third-order valence-electron chi connectivity index (χ3n) is 3.16. The molecule has 1 rings (SSSR count). The van der Waals surface area contributed by atoms with Crippen LogP contribution in [0.2, 0.25) is 5.02 Å². The molecule has 1 amide bonds. The molecule has 0 saturated heterocycles. The molecular formula is C17H26ClNO3. The van der Waals surface area contributed by atoms with E-state index in [1.165, 1.54) is 4.90 Å². The molecule has 4 nitrogen and oxygen atoms in total. The van der Waals surface area contributed by atoms with Gasteiger partial charge in [0.2, 0.25) is 0 Å². The average molecular weight is 328 g/mol. The number of hydrogen-bond donors (Lipinski definition) is 1. The maximum atomic E-state index is 12.1. The Bertz CT molecular complexity index is 511. The lowest BCUT2D eigenvalue weighted by molar-refractivity contribution is 0.0159. The van der Waals surface area contributed by atoms with Gasteiger partial charge in [-0.3, -0.25) is 0 Å². The Morgan fingerprint density at radius 1 is 1.41 bits per heavy atom. The second-order valence-corrected chi connectivity index (χ2v) is 6.87. The lowest BCUT2D eigenvalue weighted by atomic mass is 10.1. The van der Waals surface area contributed by atoms with E-state index in [4.69, 9.17) is 16.3 Å². The topological polar surface area (TPSA) is 49.8 Å². The highest BCUT2D eigenvalue weighted by atomic mass is 35.5. The van der Waals surface area contributed by atoms with Crippen LogP contribution in [0.3, 0.4) is 0 Å². The third kappa shape index (κ3) is 6.24. The molecule has 22 heavy (non-hydrogen) atoms. The molecule has 1 unspecified atom stereocenters. The van der Waals surface area contributed by atoms with Gasteiger partial charge in [0.1, 0.15) is 5.60 Å². The first kappa shape index (κ1) is 18.8. The van der Waals surface area contributed by atoms with Crippen LogP contribution in [-0.4, -0.2) is 40.9 Å². The summed E-state index contributed by atoms with van der Waals surface area (Å²) < 4.78 is 5.34. The lowest BCUT2D eigenvalue weighted by Crippen LogP contribution is -2.41. The number of likely N-dealkylation sites (N-methyl/N-ethyl adjacent to an activating group) is 1. The Kier molecular flexibility index (Phi) is 6.69. The van der Waals surface area contributed by atoms with E-state index in [-0.39, 0.29) is 6.54 Å². The number of ether oxygens (including phenoxy) is 1. The number of carbonyl (C=O) groups is 1. The minimum atomic E-state index is -0.645. The number of carbonyl (C=O) groups excluding carboxylic acids is 1. The first-order valence-corrected chi connectivity index (χ1v) is 7.91. The van der Waals surface area contributed by atoms with Crippen LogP contribution in [0.1, 0.15) is 38.8 Å². The molecule has 0 aromatic heterocycles. The third-order valence-corrected chi connectivity index (χ3v) is 3.58. The Morgan fingerprint density at radius 2 is 2.05 bits per heavy atom. The number of amides is 1. The van der Waals surface area contributed by atoms with Crippen molar-refractivity contribution in [3.63, 3.8) is 0 Å². The van der Waals surface area contributed by atoms with Gasteiger partial charge < -0.3 is 14.7 Å². The normalized spacial score (nSPS) is 12.9. The molecule has 1 aromatic rings. The summed E-state index contributed by atoms with van der Waals surface area (Å²) in [5, 5.41) is 10.9. The molecule has 0 bridgehead atoms. The highest BCUT2D eigenvalue weighted by Crippen LogP contribution is 2.18. The van der Waals surface area contributed by atoms with Crippen LogP contribution in [0.4, 0.5) is 4.79 Å². The zero-order valence-electron chi connectivity index (χ0n) is 14.0. The van der Waals surface area contributed by atoms with E-state index in [1.54, 1.807) is 0 Å². The fourth-order valence-electron chi connectivity index (χ4n) is 2.08. The van der Waals surface area contributed by atoms with Gasteiger partial charge in [0.05, 0.1) is 12.6 Å². The predicted molar refractivity (Wildman–Crippen MR) is 89.4 cm³/mol. The minimum Gasteiger partial charge on any atom is -0.444 e. The van der Waals surface area contributed by atoms with Crippen molar-refractivity contribution in [2.24, 2.45) is 0 Å². The molecule has 0 aliphatic heterocycles. The molecule has 0 aliphatic rings. The first-order chi connectivity index (χ1) is 10.1. The fraction of sp³-hybridized carbons (Fsp3) is 0.588. The molecule has 0 radical (unpaired) electrons. The van der Waals surface area contributed by atoms with Crippen molar-refractivity contribution in [1.82, 2.24) is 4.90 Å². The van der Waals surface area contributed by atoms with Crippen molar-refractivity contribution >= 4 is 17.7 Å². The summed E-state index contributed by atoms with van der Waals surface area (Å²) in [5.74, 6) is 0. The Balaban J connectivity index is 2.62. The zero-order chi connectivity index (χ0) is 16.9. The summed E-state index contributed by atoms with van der Waals surface area (Å²) >= 11 is 6.00. The summed E-state index contributed by atoms with van der Waals surface area (Å²) in [7, 11) is 0. The van der Waals surface area contributed by atoms with Gasteiger partial charge >= 0.3 is 6.09 Å². The van der Waals surface area contributed by atoms with E-state index in [9.17, 15) is 9.90 Å².